The lowest BCUT2D eigenvalue weighted by Gasteiger charge is -2.32. The average Bonchev–Trinajstić information content (AvgIpc) is 2.26. The molecular formula is C12H22N2O. The Morgan fingerprint density at radius 1 is 1.67 bits per heavy atom. The van der Waals surface area contributed by atoms with Crippen molar-refractivity contribution in [2.45, 2.75) is 38.6 Å². The van der Waals surface area contributed by atoms with Crippen molar-refractivity contribution in [2.24, 2.45) is 0 Å². The zero-order valence-corrected chi connectivity index (χ0v) is 9.67. The van der Waals surface area contributed by atoms with E-state index in [1.165, 1.54) is 0 Å². The van der Waals surface area contributed by atoms with Crippen LogP contribution in [0, 0.1) is 0 Å². The van der Waals surface area contributed by atoms with Crippen LogP contribution in [0.4, 0.5) is 0 Å². The summed E-state index contributed by atoms with van der Waals surface area (Å²) in [4.78, 5) is 13.9. The van der Waals surface area contributed by atoms with Gasteiger partial charge in [0.25, 0.3) is 0 Å². The molecule has 1 aliphatic rings. The number of hydrogen-bond donors (Lipinski definition) is 1. The lowest BCUT2D eigenvalue weighted by atomic mass is 10.0. The van der Waals surface area contributed by atoms with Gasteiger partial charge >= 0.3 is 0 Å². The highest BCUT2D eigenvalue weighted by Crippen LogP contribution is 2.12. The molecule has 1 heterocycles. The van der Waals surface area contributed by atoms with Gasteiger partial charge in [0.05, 0.1) is 6.04 Å². The molecule has 1 aliphatic heterocycles. The third kappa shape index (κ3) is 3.67. The highest BCUT2D eigenvalue weighted by molar-refractivity contribution is 5.82. The topological polar surface area (TPSA) is 32.3 Å². The summed E-state index contributed by atoms with van der Waals surface area (Å²) in [6.45, 7) is 8.48. The summed E-state index contributed by atoms with van der Waals surface area (Å²) in [6, 6.07) is 0.0588. The van der Waals surface area contributed by atoms with Crippen molar-refractivity contribution in [1.29, 1.82) is 0 Å². The Morgan fingerprint density at radius 3 is 3.13 bits per heavy atom. The largest absolute Gasteiger partial charge is 0.341 e. The Bertz CT molecular complexity index is 216. The minimum Gasteiger partial charge on any atom is -0.341 e. The summed E-state index contributed by atoms with van der Waals surface area (Å²) in [5.74, 6) is 0.275. The van der Waals surface area contributed by atoms with E-state index >= 15 is 0 Å². The smallest absolute Gasteiger partial charge is 0.239 e. The molecule has 3 nitrogen and oxygen atoms in total. The summed E-state index contributed by atoms with van der Waals surface area (Å²) in [5.41, 5.74) is 0. The van der Waals surface area contributed by atoms with Crippen LogP contribution in [0.5, 0.6) is 0 Å². The van der Waals surface area contributed by atoms with Crippen molar-refractivity contribution < 1.29 is 4.79 Å². The maximum Gasteiger partial charge on any atom is 0.239 e. The molecule has 1 rings (SSSR count). The minimum atomic E-state index is 0.0588. The third-order valence-corrected chi connectivity index (χ3v) is 2.77. The number of nitrogens with one attached hydrogen (secondary N) is 1. The summed E-state index contributed by atoms with van der Waals surface area (Å²) in [5, 5.41) is 3.31. The normalized spacial score (nSPS) is 21.8. The van der Waals surface area contributed by atoms with E-state index in [1.54, 1.807) is 0 Å². The molecular weight excluding hydrogens is 188 g/mol. The predicted octanol–water partition coefficient (Wildman–Crippen LogP) is 1.55. The van der Waals surface area contributed by atoms with Crippen LogP contribution < -0.4 is 5.32 Å². The van der Waals surface area contributed by atoms with E-state index in [1.807, 2.05) is 11.0 Å². The number of rotatable bonds is 6. The zero-order valence-electron chi connectivity index (χ0n) is 9.67. The minimum absolute atomic E-state index is 0.0588. The van der Waals surface area contributed by atoms with Crippen molar-refractivity contribution in [3.8, 4) is 0 Å². The highest BCUT2D eigenvalue weighted by atomic mass is 16.2. The van der Waals surface area contributed by atoms with Gasteiger partial charge in [-0.3, -0.25) is 4.79 Å². The zero-order chi connectivity index (χ0) is 11.1. The molecule has 1 atom stereocenters. The lowest BCUT2D eigenvalue weighted by Crippen LogP contribution is -2.50. The second-order valence-corrected chi connectivity index (χ2v) is 4.05. The average molecular weight is 210 g/mol. The summed E-state index contributed by atoms with van der Waals surface area (Å²) in [7, 11) is 0. The standard InChI is InChI=1S/C12H22N2O/c1-3-5-9-14-10-6-7-11(12(14)15)13-8-4-2/h3,11,13H,1,4-10H2,2H3. The molecule has 1 N–H and O–H groups in total. The number of carbonyl (C=O) groups is 1. The first-order valence-corrected chi connectivity index (χ1v) is 5.92. The second kappa shape index (κ2) is 6.62. The summed E-state index contributed by atoms with van der Waals surface area (Å²) >= 11 is 0. The van der Waals surface area contributed by atoms with Crippen molar-refractivity contribution in [3.63, 3.8) is 0 Å². The maximum absolute atomic E-state index is 12.0. The van der Waals surface area contributed by atoms with E-state index in [9.17, 15) is 4.79 Å². The van der Waals surface area contributed by atoms with Gasteiger partial charge < -0.3 is 10.2 Å². The molecule has 0 aromatic heterocycles. The van der Waals surface area contributed by atoms with E-state index in [4.69, 9.17) is 0 Å². The van der Waals surface area contributed by atoms with Crippen LogP contribution in [0.2, 0.25) is 0 Å². The quantitative estimate of drug-likeness (QED) is 0.675. The molecule has 0 aromatic carbocycles. The molecule has 1 saturated heterocycles. The first-order chi connectivity index (χ1) is 7.29. The van der Waals surface area contributed by atoms with Crippen molar-refractivity contribution >= 4 is 5.91 Å². The number of nitrogens with zero attached hydrogens (tertiary/aromatic N) is 1. The summed E-state index contributed by atoms with van der Waals surface area (Å²) < 4.78 is 0. The fourth-order valence-electron chi connectivity index (χ4n) is 1.92. The van der Waals surface area contributed by atoms with Crippen LogP contribution in [0.25, 0.3) is 0 Å². The molecule has 1 unspecified atom stereocenters. The van der Waals surface area contributed by atoms with Crippen LogP contribution in [0.15, 0.2) is 12.7 Å². The predicted molar refractivity (Wildman–Crippen MR) is 62.7 cm³/mol. The van der Waals surface area contributed by atoms with Crippen LogP contribution >= 0.6 is 0 Å². The van der Waals surface area contributed by atoms with Crippen LogP contribution in [0.3, 0.4) is 0 Å². The molecule has 86 valence electrons. The van der Waals surface area contributed by atoms with E-state index in [-0.39, 0.29) is 11.9 Å². The lowest BCUT2D eigenvalue weighted by molar-refractivity contribution is -0.135. The van der Waals surface area contributed by atoms with Crippen molar-refractivity contribution in [2.75, 3.05) is 19.6 Å². The Balaban J connectivity index is 2.39. The third-order valence-electron chi connectivity index (χ3n) is 2.77. The van der Waals surface area contributed by atoms with E-state index in [2.05, 4.69) is 18.8 Å². The molecule has 0 aliphatic carbocycles. The van der Waals surface area contributed by atoms with Gasteiger partial charge in [-0.15, -0.1) is 6.58 Å². The molecule has 0 spiro atoms. The fourth-order valence-corrected chi connectivity index (χ4v) is 1.92. The Labute approximate surface area is 92.5 Å². The Morgan fingerprint density at radius 2 is 2.47 bits per heavy atom. The number of likely N-dealkylation sites (tertiary alicyclic amines) is 1. The fraction of sp³-hybridized carbons (Fsp3) is 0.750. The van der Waals surface area contributed by atoms with Gasteiger partial charge in [-0.05, 0) is 32.2 Å². The maximum atomic E-state index is 12.0. The van der Waals surface area contributed by atoms with Gasteiger partial charge in [-0.1, -0.05) is 13.0 Å². The molecule has 0 aromatic rings. The summed E-state index contributed by atoms with van der Waals surface area (Å²) in [6.07, 6.45) is 5.95. The second-order valence-electron chi connectivity index (χ2n) is 4.05. The molecule has 0 radical (unpaired) electrons. The van der Waals surface area contributed by atoms with Gasteiger partial charge in [0.15, 0.2) is 0 Å². The van der Waals surface area contributed by atoms with Crippen molar-refractivity contribution in [1.82, 2.24) is 10.2 Å². The monoisotopic (exact) mass is 210 g/mol. The van der Waals surface area contributed by atoms with E-state index < -0.39 is 0 Å². The van der Waals surface area contributed by atoms with E-state index in [0.717, 1.165) is 45.3 Å². The molecule has 0 saturated carbocycles. The Hall–Kier alpha value is -0.830. The highest BCUT2D eigenvalue weighted by Gasteiger charge is 2.27. The molecule has 15 heavy (non-hydrogen) atoms. The first kappa shape index (κ1) is 12.2. The first-order valence-electron chi connectivity index (χ1n) is 5.92. The van der Waals surface area contributed by atoms with Gasteiger partial charge in [0, 0.05) is 13.1 Å². The Kier molecular flexibility index (Phi) is 5.40. The molecule has 1 amide bonds. The van der Waals surface area contributed by atoms with Crippen LogP contribution in [0.1, 0.15) is 32.6 Å². The van der Waals surface area contributed by atoms with Crippen LogP contribution in [-0.2, 0) is 4.79 Å². The number of amides is 1. The molecule has 1 fully saturated rings. The number of hydrogen-bond acceptors (Lipinski definition) is 2. The van der Waals surface area contributed by atoms with Crippen LogP contribution in [-0.4, -0.2) is 36.5 Å². The van der Waals surface area contributed by atoms with Gasteiger partial charge in [-0.25, -0.2) is 0 Å². The van der Waals surface area contributed by atoms with Gasteiger partial charge in [-0.2, -0.15) is 0 Å². The number of piperidine rings is 1. The molecule has 0 bridgehead atoms. The van der Waals surface area contributed by atoms with Crippen molar-refractivity contribution in [3.05, 3.63) is 12.7 Å². The molecule has 3 heteroatoms. The number of carbonyl (C=O) groups excluding carboxylic acids is 1. The van der Waals surface area contributed by atoms with E-state index in [0.29, 0.717) is 0 Å². The van der Waals surface area contributed by atoms with Gasteiger partial charge in [0.2, 0.25) is 5.91 Å². The SMILES string of the molecule is C=CCCN1CCCC(NCCC)C1=O. The van der Waals surface area contributed by atoms with Gasteiger partial charge in [0.1, 0.15) is 0 Å².